The van der Waals surface area contributed by atoms with Gasteiger partial charge in [-0.1, -0.05) is 117 Å². The molecule has 0 bridgehead atoms. The van der Waals surface area contributed by atoms with Crippen LogP contribution in [-0.4, -0.2) is 18.5 Å². The van der Waals surface area contributed by atoms with Crippen molar-refractivity contribution in [1.82, 2.24) is 4.90 Å². The number of benzene rings is 6. The minimum atomic E-state index is 0.909. The lowest BCUT2D eigenvalue weighted by atomic mass is 9.81. The van der Waals surface area contributed by atoms with Crippen molar-refractivity contribution in [2.45, 2.75) is 47.1 Å². The highest BCUT2D eigenvalue weighted by Crippen LogP contribution is 2.47. The standard InChI is InChI=1S/C41H41N/c1-6-29-14-18-31(19-15-29)38-26-35-24-33-11-9-10-12-34(33)25-39(35)41(40(38)32-20-16-30(7-2)17-21-32)37-22-13-28(4)23-36(37)27-42(5)8-3/h9-26H,6-8,27H2,1-5H3. The van der Waals surface area contributed by atoms with Gasteiger partial charge in [-0.25, -0.2) is 0 Å². The summed E-state index contributed by atoms with van der Waals surface area (Å²) < 4.78 is 0. The van der Waals surface area contributed by atoms with Gasteiger partial charge in [-0.3, -0.25) is 0 Å². The highest BCUT2D eigenvalue weighted by Gasteiger charge is 2.21. The van der Waals surface area contributed by atoms with Crippen LogP contribution < -0.4 is 0 Å². The van der Waals surface area contributed by atoms with Crippen molar-refractivity contribution in [3.05, 3.63) is 131 Å². The minimum absolute atomic E-state index is 0.909. The normalized spacial score (nSPS) is 11.6. The van der Waals surface area contributed by atoms with Crippen molar-refractivity contribution < 1.29 is 0 Å². The molecule has 0 amide bonds. The second-order valence-electron chi connectivity index (χ2n) is 11.7. The molecule has 0 saturated heterocycles. The molecule has 0 spiro atoms. The molecule has 0 N–H and O–H groups in total. The van der Waals surface area contributed by atoms with E-state index >= 15 is 0 Å². The highest BCUT2D eigenvalue weighted by molar-refractivity contribution is 6.13. The number of hydrogen-bond acceptors (Lipinski definition) is 1. The lowest BCUT2D eigenvalue weighted by molar-refractivity contribution is 0.346. The van der Waals surface area contributed by atoms with Gasteiger partial charge < -0.3 is 4.90 Å². The number of aryl methyl sites for hydroxylation is 3. The zero-order valence-electron chi connectivity index (χ0n) is 25.7. The van der Waals surface area contributed by atoms with Gasteiger partial charge in [-0.2, -0.15) is 0 Å². The number of hydrogen-bond donors (Lipinski definition) is 0. The predicted octanol–water partition coefficient (Wildman–Crippen LogP) is 10.9. The number of nitrogens with zero attached hydrogens (tertiary/aromatic N) is 1. The zero-order chi connectivity index (χ0) is 29.2. The van der Waals surface area contributed by atoms with Crippen LogP contribution in [0.2, 0.25) is 0 Å². The van der Waals surface area contributed by atoms with Gasteiger partial charge in [0, 0.05) is 6.54 Å². The van der Waals surface area contributed by atoms with Crippen molar-refractivity contribution in [2.75, 3.05) is 13.6 Å². The molecule has 42 heavy (non-hydrogen) atoms. The summed E-state index contributed by atoms with van der Waals surface area (Å²) in [7, 11) is 2.22. The van der Waals surface area contributed by atoms with Crippen molar-refractivity contribution in [3.63, 3.8) is 0 Å². The monoisotopic (exact) mass is 547 g/mol. The van der Waals surface area contributed by atoms with E-state index in [1.54, 1.807) is 0 Å². The van der Waals surface area contributed by atoms with Gasteiger partial charge in [0.2, 0.25) is 0 Å². The first-order valence-corrected chi connectivity index (χ1v) is 15.5. The van der Waals surface area contributed by atoms with E-state index in [2.05, 4.69) is 149 Å². The molecule has 210 valence electrons. The number of rotatable bonds is 8. The fraction of sp³-hybridized carbons (Fsp3) is 0.220. The van der Waals surface area contributed by atoms with Crippen LogP contribution in [0.25, 0.3) is 54.9 Å². The topological polar surface area (TPSA) is 3.24 Å². The van der Waals surface area contributed by atoms with Crippen molar-refractivity contribution in [2.24, 2.45) is 0 Å². The molecule has 0 unspecified atom stereocenters. The fourth-order valence-corrected chi connectivity index (χ4v) is 6.23. The Labute approximate surface area is 251 Å². The molecule has 0 radical (unpaired) electrons. The molecule has 0 heterocycles. The summed E-state index contributed by atoms with van der Waals surface area (Å²) in [6, 6.07) is 41.5. The Morgan fingerprint density at radius 3 is 1.79 bits per heavy atom. The van der Waals surface area contributed by atoms with E-state index in [1.807, 2.05) is 0 Å². The molecule has 0 aliphatic rings. The van der Waals surface area contributed by atoms with Gasteiger partial charge in [-0.15, -0.1) is 0 Å². The third-order valence-electron chi connectivity index (χ3n) is 8.84. The summed E-state index contributed by atoms with van der Waals surface area (Å²) in [5.41, 5.74) is 13.2. The Balaban J connectivity index is 1.78. The van der Waals surface area contributed by atoms with Crippen molar-refractivity contribution in [1.29, 1.82) is 0 Å². The van der Waals surface area contributed by atoms with Crippen LogP contribution >= 0.6 is 0 Å². The predicted molar refractivity (Wildman–Crippen MR) is 183 cm³/mol. The summed E-state index contributed by atoms with van der Waals surface area (Å²) in [5, 5.41) is 5.14. The zero-order valence-corrected chi connectivity index (χ0v) is 25.7. The summed E-state index contributed by atoms with van der Waals surface area (Å²) in [6.07, 6.45) is 2.08. The second kappa shape index (κ2) is 12.0. The maximum absolute atomic E-state index is 2.43. The van der Waals surface area contributed by atoms with Gasteiger partial charge in [-0.05, 0) is 123 Å². The van der Waals surface area contributed by atoms with E-state index in [0.717, 1.165) is 25.9 Å². The van der Waals surface area contributed by atoms with Crippen LogP contribution in [-0.2, 0) is 19.4 Å². The van der Waals surface area contributed by atoms with Gasteiger partial charge in [0.1, 0.15) is 0 Å². The van der Waals surface area contributed by atoms with Crippen molar-refractivity contribution >= 4 is 21.5 Å². The van der Waals surface area contributed by atoms with Gasteiger partial charge in [0.15, 0.2) is 0 Å². The molecule has 0 atom stereocenters. The summed E-state index contributed by atoms with van der Waals surface area (Å²) in [5.74, 6) is 0. The summed E-state index contributed by atoms with van der Waals surface area (Å²) in [6.45, 7) is 10.8. The van der Waals surface area contributed by atoms with E-state index < -0.39 is 0 Å². The van der Waals surface area contributed by atoms with Gasteiger partial charge in [0.05, 0.1) is 0 Å². The average Bonchev–Trinajstić information content (AvgIpc) is 3.03. The van der Waals surface area contributed by atoms with E-state index in [9.17, 15) is 0 Å². The largest absolute Gasteiger partial charge is 0.302 e. The van der Waals surface area contributed by atoms with E-state index in [4.69, 9.17) is 0 Å². The summed E-state index contributed by atoms with van der Waals surface area (Å²) >= 11 is 0. The molecule has 6 rings (SSSR count). The Morgan fingerprint density at radius 1 is 0.548 bits per heavy atom. The third kappa shape index (κ3) is 5.38. The Kier molecular flexibility index (Phi) is 7.96. The van der Waals surface area contributed by atoms with Crippen LogP contribution in [0.4, 0.5) is 0 Å². The van der Waals surface area contributed by atoms with Crippen molar-refractivity contribution in [3.8, 4) is 33.4 Å². The molecule has 1 heteroatoms. The first-order valence-electron chi connectivity index (χ1n) is 15.5. The molecule has 0 aliphatic heterocycles. The maximum atomic E-state index is 2.43. The molecule has 0 fully saturated rings. The quantitative estimate of drug-likeness (QED) is 0.171. The van der Waals surface area contributed by atoms with E-state index in [0.29, 0.717) is 0 Å². The highest BCUT2D eigenvalue weighted by atomic mass is 15.1. The molecule has 0 aliphatic carbocycles. The molecule has 1 nitrogen and oxygen atoms in total. The van der Waals surface area contributed by atoms with Crippen LogP contribution in [0, 0.1) is 6.92 Å². The smallest absolute Gasteiger partial charge is 0.0236 e. The third-order valence-corrected chi connectivity index (χ3v) is 8.84. The van der Waals surface area contributed by atoms with E-state index in [-0.39, 0.29) is 0 Å². The Bertz CT molecular complexity index is 1860. The molecule has 0 aromatic heterocycles. The fourth-order valence-electron chi connectivity index (χ4n) is 6.23. The lowest BCUT2D eigenvalue weighted by Gasteiger charge is -2.24. The van der Waals surface area contributed by atoms with Crippen LogP contribution in [0.15, 0.2) is 109 Å². The van der Waals surface area contributed by atoms with Crippen LogP contribution in [0.3, 0.4) is 0 Å². The molecule has 6 aromatic rings. The first-order chi connectivity index (χ1) is 20.5. The number of fused-ring (bicyclic) bond motifs is 2. The van der Waals surface area contributed by atoms with Gasteiger partial charge in [0.25, 0.3) is 0 Å². The SMILES string of the molecule is CCc1ccc(-c2cc3cc4ccccc4cc3c(-c3ccc(C)cc3CN(C)CC)c2-c2ccc(CC)cc2)cc1. The maximum Gasteiger partial charge on any atom is 0.0236 e. The molecular formula is C41H41N. The van der Waals surface area contributed by atoms with Crippen LogP contribution in [0.5, 0.6) is 0 Å². The summed E-state index contributed by atoms with van der Waals surface area (Å²) in [4.78, 5) is 2.40. The molecular weight excluding hydrogens is 506 g/mol. The minimum Gasteiger partial charge on any atom is -0.302 e. The van der Waals surface area contributed by atoms with Gasteiger partial charge >= 0.3 is 0 Å². The molecule has 6 aromatic carbocycles. The van der Waals surface area contributed by atoms with Crippen LogP contribution in [0.1, 0.15) is 43.0 Å². The Morgan fingerprint density at radius 2 is 1.17 bits per heavy atom. The lowest BCUT2D eigenvalue weighted by Crippen LogP contribution is -2.17. The first kappa shape index (κ1) is 27.9. The molecule has 0 saturated carbocycles. The Hall–Kier alpha value is -4.20. The average molecular weight is 548 g/mol. The second-order valence-corrected chi connectivity index (χ2v) is 11.7. The van der Waals surface area contributed by atoms with E-state index in [1.165, 1.54) is 77.2 Å².